The van der Waals surface area contributed by atoms with Crippen molar-refractivity contribution in [2.24, 2.45) is 5.92 Å². The zero-order valence-electron chi connectivity index (χ0n) is 9.03. The number of ether oxygens (including phenoxy) is 1. The van der Waals surface area contributed by atoms with Gasteiger partial charge in [-0.1, -0.05) is 13.8 Å². The third-order valence-corrected chi connectivity index (χ3v) is 1.82. The highest BCUT2D eigenvalue weighted by Gasteiger charge is 1.97. The lowest BCUT2D eigenvalue weighted by Gasteiger charge is -2.07. The van der Waals surface area contributed by atoms with E-state index >= 15 is 0 Å². The molecule has 84 valence electrons. The topological polar surface area (TPSA) is 64.1 Å². The van der Waals surface area contributed by atoms with Crippen LogP contribution >= 0.6 is 0 Å². The van der Waals surface area contributed by atoms with Crippen molar-refractivity contribution in [2.75, 3.05) is 13.2 Å². The second kappa shape index (κ2) is 5.50. The summed E-state index contributed by atoms with van der Waals surface area (Å²) in [5, 5.41) is 0. The molecule has 0 aromatic carbocycles. The maximum Gasteiger partial charge on any atom is 0.328 e. The van der Waals surface area contributed by atoms with Gasteiger partial charge in [0.2, 0.25) is 0 Å². The van der Waals surface area contributed by atoms with Crippen LogP contribution in [0.2, 0.25) is 0 Å². The second-order valence-corrected chi connectivity index (χ2v) is 3.77. The Morgan fingerprint density at radius 1 is 1.47 bits per heavy atom. The molecule has 1 aromatic rings. The van der Waals surface area contributed by atoms with Gasteiger partial charge in [0.1, 0.15) is 0 Å². The van der Waals surface area contributed by atoms with Crippen molar-refractivity contribution in [3.63, 3.8) is 0 Å². The van der Waals surface area contributed by atoms with Crippen LogP contribution in [0.4, 0.5) is 0 Å². The van der Waals surface area contributed by atoms with Gasteiger partial charge in [-0.25, -0.2) is 4.79 Å². The van der Waals surface area contributed by atoms with E-state index < -0.39 is 5.69 Å². The summed E-state index contributed by atoms with van der Waals surface area (Å²) in [4.78, 5) is 24.2. The molecule has 0 aliphatic heterocycles. The number of hydrogen-bond donors (Lipinski definition) is 1. The molecule has 1 rings (SSSR count). The largest absolute Gasteiger partial charge is 0.379 e. The molecule has 0 fully saturated rings. The first-order valence-corrected chi connectivity index (χ1v) is 4.97. The Morgan fingerprint density at radius 3 is 2.80 bits per heavy atom. The van der Waals surface area contributed by atoms with Gasteiger partial charge in [0.25, 0.3) is 5.56 Å². The van der Waals surface area contributed by atoms with Crippen molar-refractivity contribution in [3.05, 3.63) is 33.1 Å². The standard InChI is InChI=1S/C10H16N2O3/c1-8(2)7-15-6-5-12-4-3-9(13)11-10(12)14/h3-4,8H,5-7H2,1-2H3,(H,11,13,14). The van der Waals surface area contributed by atoms with Crippen LogP contribution in [0.5, 0.6) is 0 Å². The van der Waals surface area contributed by atoms with Crippen molar-refractivity contribution in [3.8, 4) is 0 Å². The van der Waals surface area contributed by atoms with Crippen molar-refractivity contribution in [1.82, 2.24) is 9.55 Å². The third-order valence-electron chi connectivity index (χ3n) is 1.82. The van der Waals surface area contributed by atoms with E-state index in [-0.39, 0.29) is 5.56 Å². The molecule has 1 aromatic heterocycles. The molecule has 1 N–H and O–H groups in total. The maximum absolute atomic E-state index is 11.2. The van der Waals surface area contributed by atoms with Crippen LogP contribution < -0.4 is 11.2 Å². The van der Waals surface area contributed by atoms with Gasteiger partial charge in [0, 0.05) is 18.9 Å². The Labute approximate surface area is 87.7 Å². The summed E-state index contributed by atoms with van der Waals surface area (Å²) in [6, 6.07) is 1.32. The van der Waals surface area contributed by atoms with Crippen LogP contribution in [0.25, 0.3) is 0 Å². The van der Waals surface area contributed by atoms with Gasteiger partial charge in [0.15, 0.2) is 0 Å². The minimum Gasteiger partial charge on any atom is -0.379 e. The number of rotatable bonds is 5. The minimum atomic E-state index is -0.393. The minimum absolute atomic E-state index is 0.376. The van der Waals surface area contributed by atoms with Gasteiger partial charge in [-0.2, -0.15) is 0 Å². The zero-order chi connectivity index (χ0) is 11.3. The Kier molecular flexibility index (Phi) is 4.30. The van der Waals surface area contributed by atoms with E-state index in [1.54, 1.807) is 0 Å². The predicted octanol–water partition coefficient (Wildman–Crippen LogP) is 0.209. The van der Waals surface area contributed by atoms with Crippen LogP contribution in [0.15, 0.2) is 21.9 Å². The third kappa shape index (κ3) is 4.12. The van der Waals surface area contributed by atoms with E-state index in [1.807, 2.05) is 0 Å². The highest BCUT2D eigenvalue weighted by molar-refractivity contribution is 4.82. The Morgan fingerprint density at radius 2 is 2.20 bits per heavy atom. The highest BCUT2D eigenvalue weighted by Crippen LogP contribution is 1.92. The summed E-state index contributed by atoms with van der Waals surface area (Å²) < 4.78 is 6.75. The summed E-state index contributed by atoms with van der Waals surface area (Å²) >= 11 is 0. The number of aromatic nitrogens is 2. The Hall–Kier alpha value is -1.36. The van der Waals surface area contributed by atoms with E-state index in [0.29, 0.717) is 25.7 Å². The molecule has 0 amide bonds. The molecule has 0 aliphatic carbocycles. The molecule has 0 saturated carbocycles. The normalized spacial score (nSPS) is 10.9. The fraction of sp³-hybridized carbons (Fsp3) is 0.600. The fourth-order valence-corrected chi connectivity index (χ4v) is 1.10. The van der Waals surface area contributed by atoms with E-state index in [1.165, 1.54) is 16.8 Å². The molecule has 0 unspecified atom stereocenters. The van der Waals surface area contributed by atoms with E-state index in [0.717, 1.165) is 0 Å². The summed E-state index contributed by atoms with van der Waals surface area (Å²) in [6.07, 6.45) is 1.47. The van der Waals surface area contributed by atoms with Crippen LogP contribution in [-0.2, 0) is 11.3 Å². The molecular formula is C10H16N2O3. The van der Waals surface area contributed by atoms with Crippen LogP contribution in [0, 0.1) is 5.92 Å². The van der Waals surface area contributed by atoms with Crippen LogP contribution in [0.3, 0.4) is 0 Å². The number of nitrogens with zero attached hydrogens (tertiary/aromatic N) is 1. The second-order valence-electron chi connectivity index (χ2n) is 3.77. The lowest BCUT2D eigenvalue weighted by molar-refractivity contribution is 0.102. The molecule has 0 saturated heterocycles. The van der Waals surface area contributed by atoms with E-state index in [2.05, 4.69) is 18.8 Å². The van der Waals surface area contributed by atoms with Crippen molar-refractivity contribution >= 4 is 0 Å². The molecule has 0 aliphatic rings. The van der Waals surface area contributed by atoms with Gasteiger partial charge < -0.3 is 4.74 Å². The first kappa shape index (κ1) is 11.7. The lowest BCUT2D eigenvalue weighted by atomic mass is 10.2. The van der Waals surface area contributed by atoms with Gasteiger partial charge in [0.05, 0.1) is 13.2 Å². The van der Waals surface area contributed by atoms with Gasteiger partial charge in [-0.15, -0.1) is 0 Å². The molecule has 5 heteroatoms. The first-order valence-electron chi connectivity index (χ1n) is 4.97. The average Bonchev–Trinajstić information content (AvgIpc) is 2.14. The molecule has 15 heavy (non-hydrogen) atoms. The smallest absolute Gasteiger partial charge is 0.328 e. The Balaban J connectivity index is 2.45. The predicted molar refractivity (Wildman–Crippen MR) is 57.0 cm³/mol. The number of aromatic amines is 1. The van der Waals surface area contributed by atoms with Gasteiger partial charge in [-0.3, -0.25) is 14.3 Å². The molecule has 5 nitrogen and oxygen atoms in total. The zero-order valence-corrected chi connectivity index (χ0v) is 9.03. The SMILES string of the molecule is CC(C)COCCn1ccc(=O)[nH]c1=O. The molecule has 0 spiro atoms. The molecule has 1 heterocycles. The quantitative estimate of drug-likeness (QED) is 0.709. The van der Waals surface area contributed by atoms with E-state index in [9.17, 15) is 9.59 Å². The molecular weight excluding hydrogens is 196 g/mol. The van der Waals surface area contributed by atoms with Crippen molar-refractivity contribution in [2.45, 2.75) is 20.4 Å². The Bertz CT molecular complexity index is 406. The molecule has 0 bridgehead atoms. The summed E-state index contributed by atoms with van der Waals surface area (Å²) in [5.41, 5.74) is -0.769. The van der Waals surface area contributed by atoms with Crippen molar-refractivity contribution < 1.29 is 4.74 Å². The van der Waals surface area contributed by atoms with Crippen LogP contribution in [-0.4, -0.2) is 22.8 Å². The first-order chi connectivity index (χ1) is 7.09. The van der Waals surface area contributed by atoms with Crippen LogP contribution in [0.1, 0.15) is 13.8 Å². The number of nitrogens with one attached hydrogen (secondary N) is 1. The average molecular weight is 212 g/mol. The summed E-state index contributed by atoms with van der Waals surface area (Å²) in [5.74, 6) is 0.484. The molecule has 0 atom stereocenters. The molecule has 0 radical (unpaired) electrons. The van der Waals surface area contributed by atoms with Crippen molar-refractivity contribution in [1.29, 1.82) is 0 Å². The number of hydrogen-bond acceptors (Lipinski definition) is 3. The monoisotopic (exact) mass is 212 g/mol. The summed E-state index contributed by atoms with van der Waals surface area (Å²) in [6.45, 7) is 5.74. The lowest BCUT2D eigenvalue weighted by Crippen LogP contribution is -2.29. The summed E-state index contributed by atoms with van der Waals surface area (Å²) in [7, 11) is 0. The van der Waals surface area contributed by atoms with Gasteiger partial charge >= 0.3 is 5.69 Å². The van der Waals surface area contributed by atoms with E-state index in [4.69, 9.17) is 4.74 Å². The maximum atomic E-state index is 11.2. The fourth-order valence-electron chi connectivity index (χ4n) is 1.10. The van der Waals surface area contributed by atoms with Gasteiger partial charge in [-0.05, 0) is 5.92 Å². The highest BCUT2D eigenvalue weighted by atomic mass is 16.5. The number of H-pyrrole nitrogens is 1.